The second-order valence-corrected chi connectivity index (χ2v) is 3.35. The van der Waals surface area contributed by atoms with E-state index in [0.29, 0.717) is 24.3 Å². The molecule has 3 heteroatoms. The summed E-state index contributed by atoms with van der Waals surface area (Å²) in [4.78, 5) is 14.8. The minimum Gasteiger partial charge on any atom is -0.487 e. The number of hydrogen-bond donors (Lipinski definition) is 0. The minimum atomic E-state index is 0.346. The molecule has 15 heavy (non-hydrogen) atoms. The van der Waals surface area contributed by atoms with Gasteiger partial charge in [0.15, 0.2) is 6.29 Å². The van der Waals surface area contributed by atoms with Crippen LogP contribution in [0.3, 0.4) is 0 Å². The summed E-state index contributed by atoms with van der Waals surface area (Å²) in [6.45, 7) is 8.11. The van der Waals surface area contributed by atoms with Crippen molar-refractivity contribution in [2.24, 2.45) is 0 Å². The van der Waals surface area contributed by atoms with Crippen molar-refractivity contribution in [2.75, 3.05) is 6.61 Å². The first-order valence-electron chi connectivity index (χ1n) is 4.89. The summed E-state index contributed by atoms with van der Waals surface area (Å²) in [5, 5.41) is 0. The lowest BCUT2D eigenvalue weighted by Gasteiger charge is -2.08. The molecule has 80 valence electrons. The number of aromatic nitrogens is 1. The van der Waals surface area contributed by atoms with E-state index < -0.39 is 0 Å². The zero-order valence-corrected chi connectivity index (χ0v) is 9.12. The van der Waals surface area contributed by atoms with Gasteiger partial charge in [-0.15, -0.1) is 0 Å². The van der Waals surface area contributed by atoms with Crippen molar-refractivity contribution in [3.05, 3.63) is 35.7 Å². The van der Waals surface area contributed by atoms with Gasteiger partial charge in [-0.2, -0.15) is 0 Å². The highest BCUT2D eigenvalue weighted by Gasteiger charge is 2.04. The van der Waals surface area contributed by atoms with Crippen molar-refractivity contribution >= 4 is 6.29 Å². The molecule has 1 rings (SSSR count). The summed E-state index contributed by atoms with van der Waals surface area (Å²) in [5.41, 5.74) is 2.14. The van der Waals surface area contributed by atoms with Crippen molar-refractivity contribution in [1.29, 1.82) is 0 Å². The van der Waals surface area contributed by atoms with E-state index in [2.05, 4.69) is 11.6 Å². The zero-order chi connectivity index (χ0) is 11.3. The van der Waals surface area contributed by atoms with Crippen molar-refractivity contribution < 1.29 is 9.53 Å². The maximum Gasteiger partial charge on any atom is 0.172 e. The van der Waals surface area contributed by atoms with Crippen LogP contribution < -0.4 is 4.74 Å². The van der Waals surface area contributed by atoms with Gasteiger partial charge < -0.3 is 4.74 Å². The molecule has 0 spiro atoms. The molecule has 0 aliphatic carbocycles. The standard InChI is InChI=1S/C12H15NO2/c1-4-9(2)8-15-12-6-5-10(3)13-11(12)7-14/h5-7H,2,4,8H2,1,3H3. The van der Waals surface area contributed by atoms with Gasteiger partial charge in [0.2, 0.25) is 0 Å². The van der Waals surface area contributed by atoms with Crippen LogP contribution in [0.25, 0.3) is 0 Å². The van der Waals surface area contributed by atoms with Crippen LogP contribution >= 0.6 is 0 Å². The van der Waals surface area contributed by atoms with Gasteiger partial charge >= 0.3 is 0 Å². The Bertz CT molecular complexity index is 372. The Labute approximate surface area is 89.8 Å². The Balaban J connectivity index is 2.76. The lowest BCUT2D eigenvalue weighted by Crippen LogP contribution is -2.03. The second-order valence-electron chi connectivity index (χ2n) is 3.35. The van der Waals surface area contributed by atoms with Crippen LogP contribution in [-0.4, -0.2) is 17.9 Å². The second kappa shape index (κ2) is 5.29. The summed E-state index contributed by atoms with van der Waals surface area (Å²) >= 11 is 0. The summed E-state index contributed by atoms with van der Waals surface area (Å²) in [7, 11) is 0. The molecule has 0 fully saturated rings. The molecule has 0 saturated carbocycles. The molecule has 0 unspecified atom stereocenters. The molecule has 0 amide bonds. The van der Waals surface area contributed by atoms with Crippen molar-refractivity contribution in [3.63, 3.8) is 0 Å². The fourth-order valence-electron chi connectivity index (χ4n) is 1.05. The van der Waals surface area contributed by atoms with Crippen LogP contribution in [0, 0.1) is 6.92 Å². The van der Waals surface area contributed by atoms with E-state index in [9.17, 15) is 4.79 Å². The molecule has 0 aliphatic rings. The van der Waals surface area contributed by atoms with Gasteiger partial charge in [-0.25, -0.2) is 4.98 Å². The first-order chi connectivity index (χ1) is 7.17. The number of rotatable bonds is 5. The van der Waals surface area contributed by atoms with Crippen LogP contribution in [0.5, 0.6) is 5.75 Å². The maximum absolute atomic E-state index is 10.7. The quantitative estimate of drug-likeness (QED) is 0.547. The number of nitrogens with zero attached hydrogens (tertiary/aromatic N) is 1. The number of aryl methyl sites for hydroxylation is 1. The lowest BCUT2D eigenvalue weighted by molar-refractivity contribution is 0.111. The Kier molecular flexibility index (Phi) is 4.03. The van der Waals surface area contributed by atoms with E-state index in [1.54, 1.807) is 6.07 Å². The van der Waals surface area contributed by atoms with Crippen LogP contribution in [0.2, 0.25) is 0 Å². The third-order valence-corrected chi connectivity index (χ3v) is 2.07. The van der Waals surface area contributed by atoms with E-state index in [0.717, 1.165) is 17.7 Å². The highest BCUT2D eigenvalue weighted by molar-refractivity contribution is 5.76. The van der Waals surface area contributed by atoms with Gasteiger partial charge in [-0.3, -0.25) is 4.79 Å². The van der Waals surface area contributed by atoms with Crippen LogP contribution in [0.15, 0.2) is 24.3 Å². The lowest BCUT2D eigenvalue weighted by atomic mass is 10.2. The van der Waals surface area contributed by atoms with Gasteiger partial charge in [-0.05, 0) is 31.1 Å². The third kappa shape index (κ3) is 3.20. The number of ether oxygens (including phenoxy) is 1. The molecule has 1 aromatic rings. The van der Waals surface area contributed by atoms with E-state index in [4.69, 9.17) is 4.74 Å². The van der Waals surface area contributed by atoms with E-state index in [-0.39, 0.29) is 0 Å². The Morgan fingerprint density at radius 1 is 1.60 bits per heavy atom. The predicted molar refractivity (Wildman–Crippen MR) is 59.3 cm³/mol. The zero-order valence-electron chi connectivity index (χ0n) is 9.12. The van der Waals surface area contributed by atoms with E-state index in [1.807, 2.05) is 19.9 Å². The van der Waals surface area contributed by atoms with Crippen LogP contribution in [0.4, 0.5) is 0 Å². The van der Waals surface area contributed by atoms with E-state index in [1.165, 1.54) is 0 Å². The highest BCUT2D eigenvalue weighted by atomic mass is 16.5. The van der Waals surface area contributed by atoms with Crippen LogP contribution in [0.1, 0.15) is 29.5 Å². The monoisotopic (exact) mass is 205 g/mol. The van der Waals surface area contributed by atoms with Crippen molar-refractivity contribution in [2.45, 2.75) is 20.3 Å². The largest absolute Gasteiger partial charge is 0.487 e. The topological polar surface area (TPSA) is 39.2 Å². The molecule has 0 aliphatic heterocycles. The number of carbonyl (C=O) groups is 1. The molecule has 0 atom stereocenters. The highest BCUT2D eigenvalue weighted by Crippen LogP contribution is 2.15. The minimum absolute atomic E-state index is 0.346. The Hall–Kier alpha value is -1.64. The molecular weight excluding hydrogens is 190 g/mol. The summed E-state index contributed by atoms with van der Waals surface area (Å²) in [6.07, 6.45) is 1.58. The van der Waals surface area contributed by atoms with Crippen LogP contribution in [-0.2, 0) is 0 Å². The van der Waals surface area contributed by atoms with Gasteiger partial charge in [0, 0.05) is 5.69 Å². The molecule has 1 aromatic heterocycles. The third-order valence-electron chi connectivity index (χ3n) is 2.07. The molecular formula is C12H15NO2. The number of hydrogen-bond acceptors (Lipinski definition) is 3. The Morgan fingerprint density at radius 3 is 2.93 bits per heavy atom. The molecule has 0 N–H and O–H groups in total. The Morgan fingerprint density at radius 2 is 2.33 bits per heavy atom. The molecule has 0 radical (unpaired) electrons. The average Bonchev–Trinajstić information content (AvgIpc) is 2.26. The summed E-state index contributed by atoms with van der Waals surface area (Å²) in [5.74, 6) is 0.519. The first-order valence-corrected chi connectivity index (χ1v) is 4.89. The van der Waals surface area contributed by atoms with E-state index >= 15 is 0 Å². The normalized spacial score (nSPS) is 9.73. The van der Waals surface area contributed by atoms with Crippen molar-refractivity contribution in [3.8, 4) is 5.75 Å². The molecule has 0 aromatic carbocycles. The van der Waals surface area contributed by atoms with Gasteiger partial charge in [0.05, 0.1) is 0 Å². The summed E-state index contributed by atoms with van der Waals surface area (Å²) < 4.78 is 5.44. The molecule has 3 nitrogen and oxygen atoms in total. The van der Waals surface area contributed by atoms with Gasteiger partial charge in [0.1, 0.15) is 18.1 Å². The first kappa shape index (κ1) is 11.4. The number of aldehydes is 1. The maximum atomic E-state index is 10.7. The van der Waals surface area contributed by atoms with Gasteiger partial charge in [-0.1, -0.05) is 13.5 Å². The summed E-state index contributed by atoms with van der Waals surface area (Å²) in [6, 6.07) is 3.58. The van der Waals surface area contributed by atoms with Gasteiger partial charge in [0.25, 0.3) is 0 Å². The fourth-order valence-corrected chi connectivity index (χ4v) is 1.05. The molecule has 0 bridgehead atoms. The number of pyridine rings is 1. The SMILES string of the molecule is C=C(CC)COc1ccc(C)nc1C=O. The number of carbonyl (C=O) groups excluding carboxylic acids is 1. The molecule has 1 heterocycles. The fraction of sp³-hybridized carbons (Fsp3) is 0.333. The average molecular weight is 205 g/mol. The van der Waals surface area contributed by atoms with Crippen molar-refractivity contribution in [1.82, 2.24) is 4.98 Å². The molecule has 0 saturated heterocycles. The predicted octanol–water partition coefficient (Wildman–Crippen LogP) is 2.55. The smallest absolute Gasteiger partial charge is 0.172 e.